The molecule has 2 aromatic rings. The zero-order valence-electron chi connectivity index (χ0n) is 23.4. The molecule has 214 valence electrons. The van der Waals surface area contributed by atoms with Crippen molar-refractivity contribution in [2.45, 2.75) is 25.7 Å². The average molecular weight is 550 g/mol. The van der Waals surface area contributed by atoms with Crippen molar-refractivity contribution < 1.29 is 23.9 Å². The molecule has 2 heterocycles. The van der Waals surface area contributed by atoms with Gasteiger partial charge in [0.05, 0.1) is 25.6 Å². The first-order valence-electron chi connectivity index (χ1n) is 14.2. The fourth-order valence-corrected chi connectivity index (χ4v) is 5.51. The number of rotatable bonds is 7. The zero-order valence-corrected chi connectivity index (χ0v) is 23.4. The lowest BCUT2D eigenvalue weighted by Gasteiger charge is -2.30. The standard InChI is InChI=1S/C30H39N5O5/c1-39-26-10-8-23(20-27(26)40-2)30(38)34-14-4-13-33(17-18-34)25-9-7-22(29(37)35-15-11-31-12-16-35)19-24(25)32-28(36)21-5-3-6-21/h7-10,19-21,31H,3-6,11-18H2,1-2H3,(H,32,36). The molecule has 2 aliphatic heterocycles. The lowest BCUT2D eigenvalue weighted by molar-refractivity contribution is -0.122. The van der Waals surface area contributed by atoms with Crippen molar-refractivity contribution in [3.8, 4) is 11.5 Å². The van der Waals surface area contributed by atoms with Gasteiger partial charge in [0.2, 0.25) is 5.91 Å². The normalized spacial score (nSPS) is 18.0. The molecule has 2 aromatic carbocycles. The van der Waals surface area contributed by atoms with Gasteiger partial charge in [-0.25, -0.2) is 0 Å². The molecule has 0 bridgehead atoms. The van der Waals surface area contributed by atoms with E-state index >= 15 is 0 Å². The number of nitrogens with one attached hydrogen (secondary N) is 2. The lowest BCUT2D eigenvalue weighted by Crippen LogP contribution is -2.46. The summed E-state index contributed by atoms with van der Waals surface area (Å²) in [7, 11) is 3.12. The van der Waals surface area contributed by atoms with Crippen LogP contribution in [0.1, 0.15) is 46.4 Å². The highest BCUT2D eigenvalue weighted by atomic mass is 16.5. The van der Waals surface area contributed by atoms with E-state index in [9.17, 15) is 14.4 Å². The Morgan fingerprint density at radius 2 is 1.45 bits per heavy atom. The number of carbonyl (C=O) groups excluding carboxylic acids is 3. The summed E-state index contributed by atoms with van der Waals surface area (Å²) in [4.78, 5) is 45.5. The molecule has 3 fully saturated rings. The smallest absolute Gasteiger partial charge is 0.254 e. The molecule has 0 spiro atoms. The first-order valence-corrected chi connectivity index (χ1v) is 14.2. The van der Waals surface area contributed by atoms with E-state index in [2.05, 4.69) is 15.5 Å². The fraction of sp³-hybridized carbons (Fsp3) is 0.500. The SMILES string of the molecule is COc1ccc(C(=O)N2CCCN(c3ccc(C(=O)N4CCNCC4)cc3NC(=O)C3CCC3)CC2)cc1OC. The summed E-state index contributed by atoms with van der Waals surface area (Å²) >= 11 is 0. The maximum Gasteiger partial charge on any atom is 0.254 e. The van der Waals surface area contributed by atoms with Crippen LogP contribution in [0.3, 0.4) is 0 Å². The Morgan fingerprint density at radius 1 is 0.775 bits per heavy atom. The van der Waals surface area contributed by atoms with Gasteiger partial charge in [0, 0.05) is 69.4 Å². The lowest BCUT2D eigenvalue weighted by atomic mass is 9.85. The van der Waals surface area contributed by atoms with Crippen LogP contribution in [0.25, 0.3) is 0 Å². The van der Waals surface area contributed by atoms with Gasteiger partial charge in [-0.1, -0.05) is 6.42 Å². The Kier molecular flexibility index (Phi) is 8.74. The summed E-state index contributed by atoms with van der Waals surface area (Å²) in [6.45, 7) is 5.38. The van der Waals surface area contributed by atoms with Gasteiger partial charge in [0.15, 0.2) is 11.5 Å². The second-order valence-corrected chi connectivity index (χ2v) is 10.6. The summed E-state index contributed by atoms with van der Waals surface area (Å²) < 4.78 is 10.7. The molecule has 1 saturated carbocycles. The van der Waals surface area contributed by atoms with Gasteiger partial charge in [-0.3, -0.25) is 14.4 Å². The van der Waals surface area contributed by atoms with Crippen molar-refractivity contribution in [3.05, 3.63) is 47.5 Å². The molecule has 0 atom stereocenters. The van der Waals surface area contributed by atoms with E-state index in [0.717, 1.165) is 51.0 Å². The Labute approximate surface area is 235 Å². The number of nitrogens with zero attached hydrogens (tertiary/aromatic N) is 3. The molecular weight excluding hydrogens is 510 g/mol. The molecule has 10 nitrogen and oxygen atoms in total. The van der Waals surface area contributed by atoms with Gasteiger partial charge in [-0.15, -0.1) is 0 Å². The van der Waals surface area contributed by atoms with Crippen molar-refractivity contribution in [2.24, 2.45) is 5.92 Å². The molecule has 0 radical (unpaired) electrons. The van der Waals surface area contributed by atoms with Crippen molar-refractivity contribution >= 4 is 29.1 Å². The summed E-state index contributed by atoms with van der Waals surface area (Å²) in [6.07, 6.45) is 3.65. The molecular formula is C30H39N5O5. The monoisotopic (exact) mass is 549 g/mol. The van der Waals surface area contributed by atoms with Gasteiger partial charge in [-0.2, -0.15) is 0 Å². The zero-order chi connectivity index (χ0) is 28.1. The van der Waals surface area contributed by atoms with Gasteiger partial charge in [0.25, 0.3) is 11.8 Å². The van der Waals surface area contributed by atoms with E-state index in [1.54, 1.807) is 32.4 Å². The van der Waals surface area contributed by atoms with Crippen LogP contribution in [0.15, 0.2) is 36.4 Å². The van der Waals surface area contributed by atoms with Crippen molar-refractivity contribution in [1.82, 2.24) is 15.1 Å². The second kappa shape index (κ2) is 12.6. The Bertz CT molecular complexity index is 1240. The first-order chi connectivity index (χ1) is 19.5. The highest BCUT2D eigenvalue weighted by Crippen LogP contribution is 2.33. The van der Waals surface area contributed by atoms with Crippen molar-refractivity contribution in [1.29, 1.82) is 0 Å². The summed E-state index contributed by atoms with van der Waals surface area (Å²) in [6, 6.07) is 10.8. The molecule has 1 aliphatic carbocycles. The Morgan fingerprint density at radius 3 is 2.12 bits per heavy atom. The third-order valence-electron chi connectivity index (χ3n) is 8.14. The van der Waals surface area contributed by atoms with Gasteiger partial charge >= 0.3 is 0 Å². The number of hydrogen-bond acceptors (Lipinski definition) is 7. The number of carbonyl (C=O) groups is 3. The van der Waals surface area contributed by atoms with E-state index < -0.39 is 0 Å². The summed E-state index contributed by atoms with van der Waals surface area (Å²) in [5, 5.41) is 6.42. The number of benzene rings is 2. The summed E-state index contributed by atoms with van der Waals surface area (Å²) in [5.41, 5.74) is 2.67. The number of hydrogen-bond donors (Lipinski definition) is 2. The van der Waals surface area contributed by atoms with Crippen LogP contribution in [-0.4, -0.2) is 94.1 Å². The van der Waals surface area contributed by atoms with E-state index in [1.807, 2.05) is 28.0 Å². The molecule has 0 aromatic heterocycles. The molecule has 2 saturated heterocycles. The minimum absolute atomic E-state index is 0.0133. The number of anilines is 2. The van der Waals surface area contributed by atoms with E-state index in [1.165, 1.54) is 0 Å². The molecule has 2 N–H and O–H groups in total. The predicted molar refractivity (Wildman–Crippen MR) is 153 cm³/mol. The minimum atomic E-state index is -0.0571. The van der Waals surface area contributed by atoms with E-state index in [0.29, 0.717) is 61.0 Å². The van der Waals surface area contributed by atoms with Crippen LogP contribution in [0.4, 0.5) is 11.4 Å². The molecule has 3 amide bonds. The second-order valence-electron chi connectivity index (χ2n) is 10.6. The van der Waals surface area contributed by atoms with E-state index in [4.69, 9.17) is 9.47 Å². The highest BCUT2D eigenvalue weighted by molar-refractivity contribution is 6.01. The van der Waals surface area contributed by atoms with Crippen molar-refractivity contribution in [3.63, 3.8) is 0 Å². The topological polar surface area (TPSA) is 103 Å². The van der Waals surface area contributed by atoms with Gasteiger partial charge in [-0.05, 0) is 55.7 Å². The average Bonchev–Trinajstić information content (AvgIpc) is 3.22. The fourth-order valence-electron chi connectivity index (χ4n) is 5.51. The highest BCUT2D eigenvalue weighted by Gasteiger charge is 2.28. The predicted octanol–water partition coefficient (Wildman–Crippen LogP) is 2.84. The molecule has 0 unspecified atom stereocenters. The third kappa shape index (κ3) is 6.01. The molecule has 5 rings (SSSR count). The Balaban J connectivity index is 1.34. The van der Waals surface area contributed by atoms with Crippen molar-refractivity contribution in [2.75, 3.05) is 76.8 Å². The largest absolute Gasteiger partial charge is 0.493 e. The van der Waals surface area contributed by atoms with Gasteiger partial charge in [0.1, 0.15) is 0 Å². The number of piperazine rings is 1. The Hall–Kier alpha value is -3.79. The minimum Gasteiger partial charge on any atom is -0.493 e. The quantitative estimate of drug-likeness (QED) is 0.548. The number of methoxy groups -OCH3 is 2. The maximum atomic E-state index is 13.4. The van der Waals surface area contributed by atoms with E-state index in [-0.39, 0.29) is 23.6 Å². The summed E-state index contributed by atoms with van der Waals surface area (Å²) in [5.74, 6) is 1.06. The maximum absolute atomic E-state index is 13.4. The van der Waals surface area contributed by atoms with Crippen LogP contribution in [-0.2, 0) is 4.79 Å². The van der Waals surface area contributed by atoms with Crippen LogP contribution in [0.5, 0.6) is 11.5 Å². The number of amides is 3. The first kappa shape index (κ1) is 27.8. The molecule has 10 heteroatoms. The van der Waals surface area contributed by atoms with Gasteiger partial charge < -0.3 is 34.8 Å². The van der Waals surface area contributed by atoms with Crippen LogP contribution >= 0.6 is 0 Å². The molecule has 3 aliphatic rings. The van der Waals surface area contributed by atoms with Crippen LogP contribution < -0.4 is 25.0 Å². The third-order valence-corrected chi connectivity index (χ3v) is 8.14. The van der Waals surface area contributed by atoms with Crippen LogP contribution in [0.2, 0.25) is 0 Å². The van der Waals surface area contributed by atoms with Crippen LogP contribution in [0, 0.1) is 5.92 Å². The number of ether oxygens (including phenoxy) is 2. The molecule has 40 heavy (non-hydrogen) atoms.